The lowest BCUT2D eigenvalue weighted by Gasteiger charge is -2.12. The Balaban J connectivity index is 1.74. The normalized spacial score (nSPS) is 13.7. The van der Waals surface area contributed by atoms with Crippen molar-refractivity contribution in [2.45, 2.75) is 24.2 Å². The highest BCUT2D eigenvalue weighted by molar-refractivity contribution is 7.92. The molecule has 0 spiro atoms. The van der Waals surface area contributed by atoms with E-state index >= 15 is 0 Å². The average Bonchev–Trinajstić information content (AvgIpc) is 2.85. The Hall–Kier alpha value is -2.74. The summed E-state index contributed by atoms with van der Waals surface area (Å²) in [4.78, 5) is 10.7. The van der Waals surface area contributed by atoms with Gasteiger partial charge in [0.15, 0.2) is 11.5 Å². The van der Waals surface area contributed by atoms with Gasteiger partial charge in [-0.15, -0.1) is 0 Å². The van der Waals surface area contributed by atoms with E-state index in [9.17, 15) is 13.2 Å². The smallest absolute Gasteiger partial charge is 0.303 e. The van der Waals surface area contributed by atoms with Crippen molar-refractivity contribution in [2.75, 3.05) is 17.9 Å². The Morgan fingerprint density at radius 3 is 2.42 bits per heavy atom. The second kappa shape index (κ2) is 7.65. The van der Waals surface area contributed by atoms with Crippen LogP contribution in [0.4, 0.5) is 5.69 Å². The summed E-state index contributed by atoms with van der Waals surface area (Å²) in [5.41, 5.74) is 1.14. The first-order valence-corrected chi connectivity index (χ1v) is 9.65. The summed E-state index contributed by atoms with van der Waals surface area (Å²) in [6, 6.07) is 11.0. The summed E-state index contributed by atoms with van der Waals surface area (Å²) in [6.07, 6.45) is 1.12. The minimum Gasteiger partial charge on any atom is -0.490 e. The van der Waals surface area contributed by atoms with Crippen molar-refractivity contribution in [3.05, 3.63) is 48.0 Å². The Bertz CT molecular complexity index is 892. The monoisotopic (exact) mass is 377 g/mol. The van der Waals surface area contributed by atoms with Crippen molar-refractivity contribution < 1.29 is 27.8 Å². The van der Waals surface area contributed by atoms with Gasteiger partial charge in [0.05, 0.1) is 23.8 Å². The molecule has 2 aromatic rings. The Labute approximate surface area is 151 Å². The molecule has 0 saturated heterocycles. The number of aryl methyl sites for hydroxylation is 1. The molecule has 0 aliphatic carbocycles. The Kier molecular flexibility index (Phi) is 5.32. The van der Waals surface area contributed by atoms with Crippen molar-refractivity contribution in [1.29, 1.82) is 0 Å². The van der Waals surface area contributed by atoms with Crippen LogP contribution >= 0.6 is 0 Å². The molecule has 2 aromatic carbocycles. The number of hydrogen-bond acceptors (Lipinski definition) is 5. The van der Waals surface area contributed by atoms with Gasteiger partial charge < -0.3 is 14.6 Å². The molecule has 7 nitrogen and oxygen atoms in total. The van der Waals surface area contributed by atoms with E-state index < -0.39 is 16.0 Å². The minimum absolute atomic E-state index is 0.00153. The van der Waals surface area contributed by atoms with E-state index in [1.165, 1.54) is 12.1 Å². The van der Waals surface area contributed by atoms with Crippen molar-refractivity contribution in [2.24, 2.45) is 0 Å². The maximum absolute atomic E-state index is 12.5. The van der Waals surface area contributed by atoms with E-state index in [1.54, 1.807) is 30.3 Å². The zero-order chi connectivity index (χ0) is 18.6. The summed E-state index contributed by atoms with van der Waals surface area (Å²) in [5.74, 6) is 0.206. The fourth-order valence-corrected chi connectivity index (χ4v) is 3.58. The summed E-state index contributed by atoms with van der Waals surface area (Å²) in [5, 5.41) is 8.70. The standard InChI is InChI=1S/C18H19NO6S/c20-18(21)9-4-13-2-6-15(7-3-13)26(22,23)19-14-5-8-16-17(12-14)25-11-1-10-24-16/h2-3,5-8,12,19H,1,4,9-11H2,(H,20,21). The lowest BCUT2D eigenvalue weighted by Crippen LogP contribution is -2.13. The molecule has 0 radical (unpaired) electrons. The van der Waals surface area contributed by atoms with Crippen molar-refractivity contribution >= 4 is 21.7 Å². The maximum atomic E-state index is 12.5. The number of aliphatic carboxylic acids is 1. The van der Waals surface area contributed by atoms with Crippen molar-refractivity contribution in [3.63, 3.8) is 0 Å². The highest BCUT2D eigenvalue weighted by Gasteiger charge is 2.17. The molecule has 0 unspecified atom stereocenters. The molecule has 26 heavy (non-hydrogen) atoms. The molecule has 0 amide bonds. The van der Waals surface area contributed by atoms with Gasteiger partial charge in [0.25, 0.3) is 10.0 Å². The predicted molar refractivity (Wildman–Crippen MR) is 95.3 cm³/mol. The molecule has 8 heteroatoms. The third kappa shape index (κ3) is 4.45. The Morgan fingerprint density at radius 2 is 1.73 bits per heavy atom. The number of carbonyl (C=O) groups is 1. The zero-order valence-electron chi connectivity index (χ0n) is 14.0. The molecule has 138 valence electrons. The van der Waals surface area contributed by atoms with E-state index in [0.717, 1.165) is 12.0 Å². The summed E-state index contributed by atoms with van der Waals surface area (Å²) in [7, 11) is -3.76. The third-order valence-corrected chi connectivity index (χ3v) is 5.26. The van der Waals surface area contributed by atoms with Gasteiger partial charge in [-0.25, -0.2) is 8.42 Å². The second-order valence-electron chi connectivity index (χ2n) is 5.86. The number of hydrogen-bond donors (Lipinski definition) is 2. The molecule has 2 N–H and O–H groups in total. The van der Waals surface area contributed by atoms with E-state index in [1.807, 2.05) is 0 Å². The van der Waals surface area contributed by atoms with Crippen LogP contribution in [0, 0.1) is 0 Å². The van der Waals surface area contributed by atoms with Gasteiger partial charge in [-0.05, 0) is 36.2 Å². The molecule has 0 saturated carbocycles. The number of benzene rings is 2. The van der Waals surface area contributed by atoms with Gasteiger partial charge in [-0.2, -0.15) is 0 Å². The molecular formula is C18H19NO6S. The van der Waals surface area contributed by atoms with Gasteiger partial charge in [-0.3, -0.25) is 9.52 Å². The number of fused-ring (bicyclic) bond motifs is 1. The van der Waals surface area contributed by atoms with Gasteiger partial charge in [0, 0.05) is 18.9 Å². The molecule has 0 atom stereocenters. The number of anilines is 1. The first kappa shape index (κ1) is 18.1. The van der Waals surface area contributed by atoms with E-state index in [0.29, 0.717) is 36.8 Å². The first-order valence-electron chi connectivity index (χ1n) is 8.17. The molecule has 3 rings (SSSR count). The van der Waals surface area contributed by atoms with Gasteiger partial charge in [0.1, 0.15) is 0 Å². The van der Waals surface area contributed by atoms with Crippen LogP contribution in [0.25, 0.3) is 0 Å². The average molecular weight is 377 g/mol. The highest BCUT2D eigenvalue weighted by atomic mass is 32.2. The lowest BCUT2D eigenvalue weighted by molar-refractivity contribution is -0.136. The van der Waals surface area contributed by atoms with Gasteiger partial charge in [0.2, 0.25) is 0 Å². The molecule has 0 bridgehead atoms. The fourth-order valence-electron chi connectivity index (χ4n) is 2.53. The van der Waals surface area contributed by atoms with Crippen molar-refractivity contribution in [3.8, 4) is 11.5 Å². The zero-order valence-corrected chi connectivity index (χ0v) is 14.8. The van der Waals surface area contributed by atoms with Crippen LogP contribution in [0.5, 0.6) is 11.5 Å². The summed E-state index contributed by atoms with van der Waals surface area (Å²) in [6.45, 7) is 1.08. The largest absolute Gasteiger partial charge is 0.490 e. The molecular weight excluding hydrogens is 358 g/mol. The van der Waals surface area contributed by atoms with Crippen LogP contribution in [0.3, 0.4) is 0 Å². The number of rotatable bonds is 6. The van der Waals surface area contributed by atoms with Crippen LogP contribution in [-0.2, 0) is 21.2 Å². The lowest BCUT2D eigenvalue weighted by atomic mass is 10.1. The minimum atomic E-state index is -3.76. The topological polar surface area (TPSA) is 102 Å². The first-order chi connectivity index (χ1) is 12.4. The van der Waals surface area contributed by atoms with E-state index in [-0.39, 0.29) is 11.3 Å². The molecule has 0 aromatic heterocycles. The SMILES string of the molecule is O=C(O)CCc1ccc(S(=O)(=O)Nc2ccc3c(c2)OCCCO3)cc1. The van der Waals surface area contributed by atoms with Crippen LogP contribution < -0.4 is 14.2 Å². The Morgan fingerprint density at radius 1 is 1.04 bits per heavy atom. The second-order valence-corrected chi connectivity index (χ2v) is 7.54. The van der Waals surface area contributed by atoms with Gasteiger partial charge >= 0.3 is 5.97 Å². The number of nitrogens with one attached hydrogen (secondary N) is 1. The molecule has 1 aliphatic rings. The molecule has 0 fully saturated rings. The van der Waals surface area contributed by atoms with Crippen LogP contribution in [-0.4, -0.2) is 32.7 Å². The number of carboxylic acids is 1. The van der Waals surface area contributed by atoms with E-state index in [4.69, 9.17) is 14.6 Å². The maximum Gasteiger partial charge on any atom is 0.303 e. The predicted octanol–water partition coefficient (Wildman–Crippen LogP) is 2.67. The van der Waals surface area contributed by atoms with Crippen LogP contribution in [0.1, 0.15) is 18.4 Å². The number of sulfonamides is 1. The number of ether oxygens (including phenoxy) is 2. The van der Waals surface area contributed by atoms with Crippen LogP contribution in [0.15, 0.2) is 47.4 Å². The fraction of sp³-hybridized carbons (Fsp3) is 0.278. The van der Waals surface area contributed by atoms with Crippen molar-refractivity contribution in [1.82, 2.24) is 0 Å². The third-order valence-electron chi connectivity index (χ3n) is 3.86. The van der Waals surface area contributed by atoms with Crippen LogP contribution in [0.2, 0.25) is 0 Å². The summed E-state index contributed by atoms with van der Waals surface area (Å²) >= 11 is 0. The quantitative estimate of drug-likeness (QED) is 0.802. The van der Waals surface area contributed by atoms with E-state index in [2.05, 4.69) is 4.72 Å². The highest BCUT2D eigenvalue weighted by Crippen LogP contribution is 2.33. The molecule has 1 aliphatic heterocycles. The summed E-state index contributed by atoms with van der Waals surface area (Å²) < 4.78 is 38.7. The van der Waals surface area contributed by atoms with Gasteiger partial charge in [-0.1, -0.05) is 12.1 Å². The molecule has 1 heterocycles. The number of carboxylic acid groups (broad SMARTS) is 1.